The summed E-state index contributed by atoms with van der Waals surface area (Å²) in [6, 6.07) is 7.18. The second-order valence-electron chi connectivity index (χ2n) is 5.63. The van der Waals surface area contributed by atoms with Gasteiger partial charge in [-0.15, -0.1) is 0 Å². The Kier molecular flexibility index (Phi) is 6.42. The van der Waals surface area contributed by atoms with E-state index in [0.717, 1.165) is 52.2 Å². The van der Waals surface area contributed by atoms with Crippen LogP contribution in [0.1, 0.15) is 12.8 Å². The van der Waals surface area contributed by atoms with E-state index in [4.69, 9.17) is 10.5 Å². The van der Waals surface area contributed by atoms with E-state index in [-0.39, 0.29) is 11.9 Å². The topological polar surface area (TPSA) is 41.7 Å². The summed E-state index contributed by atoms with van der Waals surface area (Å²) >= 11 is 0. The number of nitrogens with zero attached hydrogens (tertiary/aromatic N) is 2. The molecule has 1 aromatic carbocycles. The fourth-order valence-electron chi connectivity index (χ4n) is 2.79. The first kappa shape index (κ1) is 16.2. The number of halogens is 1. The van der Waals surface area contributed by atoms with Crippen molar-refractivity contribution >= 4 is 5.69 Å². The van der Waals surface area contributed by atoms with Gasteiger partial charge < -0.3 is 15.4 Å². The summed E-state index contributed by atoms with van der Waals surface area (Å²) < 4.78 is 18.8. The van der Waals surface area contributed by atoms with Crippen LogP contribution in [0.3, 0.4) is 0 Å². The highest BCUT2D eigenvalue weighted by molar-refractivity contribution is 5.47. The second-order valence-corrected chi connectivity index (χ2v) is 5.63. The average molecular weight is 295 g/mol. The SMILES string of the molecule is COCCCC(N)CN1CCN(c2ccccc2F)CC1. The number of benzene rings is 1. The van der Waals surface area contributed by atoms with E-state index in [0.29, 0.717) is 5.69 Å². The zero-order valence-electron chi connectivity index (χ0n) is 12.8. The molecule has 1 aliphatic heterocycles. The molecule has 1 saturated heterocycles. The molecule has 0 amide bonds. The van der Waals surface area contributed by atoms with E-state index in [1.807, 2.05) is 12.1 Å². The molecular formula is C16H26FN3O. The molecule has 0 bridgehead atoms. The lowest BCUT2D eigenvalue weighted by Crippen LogP contribution is -2.50. The molecule has 1 atom stereocenters. The molecule has 0 aliphatic carbocycles. The quantitative estimate of drug-likeness (QED) is 0.778. The van der Waals surface area contributed by atoms with Gasteiger partial charge in [0, 0.05) is 52.5 Å². The first-order valence-electron chi connectivity index (χ1n) is 7.67. The maximum atomic E-state index is 13.8. The Morgan fingerprint density at radius 3 is 2.62 bits per heavy atom. The van der Waals surface area contributed by atoms with Crippen LogP contribution < -0.4 is 10.6 Å². The summed E-state index contributed by atoms with van der Waals surface area (Å²) in [6.07, 6.45) is 1.99. The number of para-hydroxylation sites is 1. The van der Waals surface area contributed by atoms with Crippen molar-refractivity contribution in [1.82, 2.24) is 4.90 Å². The van der Waals surface area contributed by atoms with Gasteiger partial charge in [0.1, 0.15) is 5.82 Å². The summed E-state index contributed by atoms with van der Waals surface area (Å²) in [6.45, 7) is 5.26. The van der Waals surface area contributed by atoms with E-state index in [2.05, 4.69) is 9.80 Å². The lowest BCUT2D eigenvalue weighted by Gasteiger charge is -2.37. The van der Waals surface area contributed by atoms with Crippen molar-refractivity contribution in [3.8, 4) is 0 Å². The lowest BCUT2D eigenvalue weighted by molar-refractivity contribution is 0.183. The fraction of sp³-hybridized carbons (Fsp3) is 0.625. The molecule has 5 heteroatoms. The minimum absolute atomic E-state index is 0.137. The highest BCUT2D eigenvalue weighted by atomic mass is 19.1. The van der Waals surface area contributed by atoms with Crippen molar-refractivity contribution in [2.45, 2.75) is 18.9 Å². The van der Waals surface area contributed by atoms with Gasteiger partial charge in [0.05, 0.1) is 5.69 Å². The van der Waals surface area contributed by atoms with E-state index in [9.17, 15) is 4.39 Å². The largest absolute Gasteiger partial charge is 0.385 e. The standard InChI is InChI=1S/C16H26FN3O/c1-21-12-4-5-14(18)13-19-8-10-20(11-9-19)16-7-3-2-6-15(16)17/h2-3,6-7,14H,4-5,8-13,18H2,1H3. The Morgan fingerprint density at radius 1 is 1.24 bits per heavy atom. The minimum atomic E-state index is -0.137. The maximum absolute atomic E-state index is 13.8. The van der Waals surface area contributed by atoms with Gasteiger partial charge in [-0.2, -0.15) is 0 Å². The molecule has 1 unspecified atom stereocenters. The minimum Gasteiger partial charge on any atom is -0.385 e. The average Bonchev–Trinajstić information content (AvgIpc) is 2.49. The van der Waals surface area contributed by atoms with Gasteiger partial charge in [-0.1, -0.05) is 12.1 Å². The van der Waals surface area contributed by atoms with E-state index in [1.54, 1.807) is 13.2 Å². The summed E-state index contributed by atoms with van der Waals surface area (Å²) in [7, 11) is 1.72. The third-order valence-corrected chi connectivity index (χ3v) is 3.98. The molecule has 21 heavy (non-hydrogen) atoms. The maximum Gasteiger partial charge on any atom is 0.146 e. The number of hydrogen-bond acceptors (Lipinski definition) is 4. The molecule has 0 aromatic heterocycles. The van der Waals surface area contributed by atoms with Crippen molar-refractivity contribution in [2.75, 3.05) is 51.3 Å². The Morgan fingerprint density at radius 2 is 1.95 bits per heavy atom. The smallest absolute Gasteiger partial charge is 0.146 e. The monoisotopic (exact) mass is 295 g/mol. The molecular weight excluding hydrogens is 269 g/mol. The lowest BCUT2D eigenvalue weighted by atomic mass is 10.1. The number of ether oxygens (including phenoxy) is 1. The Hall–Kier alpha value is -1.17. The van der Waals surface area contributed by atoms with E-state index >= 15 is 0 Å². The van der Waals surface area contributed by atoms with Crippen molar-refractivity contribution < 1.29 is 9.13 Å². The van der Waals surface area contributed by atoms with Crippen LogP contribution in [-0.2, 0) is 4.74 Å². The number of rotatable bonds is 7. The van der Waals surface area contributed by atoms with Crippen LogP contribution in [0.2, 0.25) is 0 Å². The fourth-order valence-corrected chi connectivity index (χ4v) is 2.79. The van der Waals surface area contributed by atoms with Crippen LogP contribution >= 0.6 is 0 Å². The Labute approximate surface area is 126 Å². The van der Waals surface area contributed by atoms with E-state index in [1.165, 1.54) is 6.07 Å². The number of piperazine rings is 1. The molecule has 1 aromatic rings. The van der Waals surface area contributed by atoms with Gasteiger partial charge >= 0.3 is 0 Å². The van der Waals surface area contributed by atoms with Crippen LogP contribution in [0.5, 0.6) is 0 Å². The van der Waals surface area contributed by atoms with Crippen LogP contribution in [0.15, 0.2) is 24.3 Å². The third-order valence-electron chi connectivity index (χ3n) is 3.98. The van der Waals surface area contributed by atoms with Crippen LogP contribution in [-0.4, -0.2) is 57.4 Å². The summed E-state index contributed by atoms with van der Waals surface area (Å²) in [5, 5.41) is 0. The van der Waals surface area contributed by atoms with Gasteiger partial charge in [0.15, 0.2) is 0 Å². The van der Waals surface area contributed by atoms with Crippen molar-refractivity contribution in [1.29, 1.82) is 0 Å². The van der Waals surface area contributed by atoms with Gasteiger partial charge in [-0.3, -0.25) is 4.90 Å². The molecule has 0 radical (unpaired) electrons. The van der Waals surface area contributed by atoms with Crippen LogP contribution in [0.25, 0.3) is 0 Å². The molecule has 4 nitrogen and oxygen atoms in total. The van der Waals surface area contributed by atoms with Crippen LogP contribution in [0, 0.1) is 5.82 Å². The number of hydrogen-bond donors (Lipinski definition) is 1. The van der Waals surface area contributed by atoms with Crippen molar-refractivity contribution in [3.63, 3.8) is 0 Å². The van der Waals surface area contributed by atoms with Gasteiger partial charge in [0.2, 0.25) is 0 Å². The molecule has 0 saturated carbocycles. The van der Waals surface area contributed by atoms with Gasteiger partial charge in [-0.05, 0) is 25.0 Å². The molecule has 1 aliphatic rings. The predicted molar refractivity (Wildman–Crippen MR) is 84.1 cm³/mol. The second kappa shape index (κ2) is 8.32. The molecule has 1 fully saturated rings. The third kappa shape index (κ3) is 4.95. The number of methoxy groups -OCH3 is 1. The Balaban J connectivity index is 1.74. The van der Waals surface area contributed by atoms with E-state index < -0.39 is 0 Å². The molecule has 2 rings (SSSR count). The number of nitrogens with two attached hydrogens (primary N) is 1. The molecule has 0 spiro atoms. The normalized spacial score (nSPS) is 18.0. The summed E-state index contributed by atoms with van der Waals surface area (Å²) in [5.74, 6) is -0.137. The first-order valence-corrected chi connectivity index (χ1v) is 7.67. The van der Waals surface area contributed by atoms with Crippen LogP contribution in [0.4, 0.5) is 10.1 Å². The zero-order chi connectivity index (χ0) is 15.1. The van der Waals surface area contributed by atoms with Gasteiger partial charge in [-0.25, -0.2) is 4.39 Å². The highest BCUT2D eigenvalue weighted by Gasteiger charge is 2.20. The highest BCUT2D eigenvalue weighted by Crippen LogP contribution is 2.20. The summed E-state index contributed by atoms with van der Waals surface area (Å²) in [5.41, 5.74) is 6.85. The molecule has 118 valence electrons. The Bertz CT molecular complexity index is 422. The number of anilines is 1. The van der Waals surface area contributed by atoms with Gasteiger partial charge in [0.25, 0.3) is 0 Å². The molecule has 1 heterocycles. The molecule has 2 N–H and O–H groups in total. The predicted octanol–water partition coefficient (Wildman–Crippen LogP) is 1.70. The first-order chi connectivity index (χ1) is 10.2. The van der Waals surface area contributed by atoms with Crippen molar-refractivity contribution in [2.24, 2.45) is 5.73 Å². The van der Waals surface area contributed by atoms with Crippen molar-refractivity contribution in [3.05, 3.63) is 30.1 Å². The summed E-state index contributed by atoms with van der Waals surface area (Å²) in [4.78, 5) is 4.48. The zero-order valence-corrected chi connectivity index (χ0v) is 12.8.